The van der Waals surface area contributed by atoms with E-state index in [1.807, 2.05) is 6.07 Å². The summed E-state index contributed by atoms with van der Waals surface area (Å²) in [6.07, 6.45) is 5.39. The topological polar surface area (TPSA) is 168 Å². The van der Waals surface area contributed by atoms with Crippen LogP contribution in [-0.4, -0.2) is 116 Å². The van der Waals surface area contributed by atoms with Gasteiger partial charge in [0, 0.05) is 55.3 Å². The molecule has 6 amide bonds. The second-order valence-corrected chi connectivity index (χ2v) is 16.5. The highest BCUT2D eigenvalue weighted by Gasteiger charge is 2.54. The highest BCUT2D eigenvalue weighted by molar-refractivity contribution is 7.98. The number of urea groups is 1. The van der Waals surface area contributed by atoms with Gasteiger partial charge in [0.25, 0.3) is 5.91 Å². The number of piperazine rings is 1. The number of rotatable bonds is 11. The molecular formula is C38H47ClN8O6S. The van der Waals surface area contributed by atoms with Crippen LogP contribution in [0.4, 0.5) is 10.6 Å². The largest absolute Gasteiger partial charge is 0.377 e. The molecule has 3 saturated heterocycles. The molecule has 0 bridgehead atoms. The molecule has 0 radical (unpaired) electrons. The molecule has 54 heavy (non-hydrogen) atoms. The van der Waals surface area contributed by atoms with Crippen molar-refractivity contribution >= 4 is 59.0 Å². The summed E-state index contributed by atoms with van der Waals surface area (Å²) < 4.78 is 7.54. The van der Waals surface area contributed by atoms with Crippen molar-refractivity contribution in [1.29, 1.82) is 5.26 Å². The van der Waals surface area contributed by atoms with Gasteiger partial charge in [-0.2, -0.15) is 9.57 Å². The van der Waals surface area contributed by atoms with Crippen LogP contribution >= 0.6 is 23.5 Å². The number of ether oxygens (including phenoxy) is 1. The Hall–Kier alpha value is -4.07. The lowest BCUT2D eigenvalue weighted by Crippen LogP contribution is -2.58. The van der Waals surface area contributed by atoms with E-state index in [1.165, 1.54) is 4.31 Å². The average Bonchev–Trinajstić information content (AvgIpc) is 3.29. The number of hydrogen-bond donors (Lipinski definition) is 2. The first kappa shape index (κ1) is 39.6. The van der Waals surface area contributed by atoms with E-state index in [-0.39, 0.29) is 71.9 Å². The van der Waals surface area contributed by atoms with Gasteiger partial charge in [0.1, 0.15) is 17.4 Å². The lowest BCUT2D eigenvalue weighted by atomic mass is 9.89. The molecule has 4 fully saturated rings. The smallest absolute Gasteiger partial charge is 0.338 e. The molecule has 3 aliphatic heterocycles. The fourth-order valence-electron chi connectivity index (χ4n) is 8.09. The molecular weight excluding hydrogens is 732 g/mol. The molecule has 1 unspecified atom stereocenters. The fourth-order valence-corrected chi connectivity index (χ4v) is 9.36. The third-order valence-electron chi connectivity index (χ3n) is 10.9. The standard InChI is InChI=1S/C38H47ClN8O6S/c1-23-20-44(21-24(2)45(23)22-34(49)42-32-17-25(13-14-41-32)30-11-12-33(48)43-35(30)50)15-16-53-28-8-6-27(7-9-28)46-37(52)47(36(51)38(46,3)4)54-29-10-5-26(19-40)31(39)18-29/h5,10,13-14,17-18,23-24,27-28,30H,6-9,11-12,15-16,20-22H2,1-4H3,(H,41,42,49)(H,43,48,50)/t23-,24+,27?,28?,30?. The first-order chi connectivity index (χ1) is 25.7. The van der Waals surface area contributed by atoms with Crippen LogP contribution in [0.5, 0.6) is 0 Å². The number of imide groups is 2. The van der Waals surface area contributed by atoms with Crippen molar-refractivity contribution in [3.05, 3.63) is 52.7 Å². The number of halogens is 1. The van der Waals surface area contributed by atoms with E-state index < -0.39 is 11.5 Å². The number of aromatic nitrogens is 1. The first-order valence-electron chi connectivity index (χ1n) is 18.5. The predicted octanol–water partition coefficient (Wildman–Crippen LogP) is 4.54. The third-order valence-corrected chi connectivity index (χ3v) is 12.2. The molecule has 2 aromatic rings. The molecule has 2 N–H and O–H groups in total. The van der Waals surface area contributed by atoms with E-state index >= 15 is 0 Å². The molecule has 0 spiro atoms. The van der Waals surface area contributed by atoms with Gasteiger partial charge in [-0.05, 0) is 108 Å². The number of hydrogen-bond acceptors (Lipinski definition) is 11. The minimum Gasteiger partial charge on any atom is -0.377 e. The number of anilines is 1. The zero-order valence-electron chi connectivity index (χ0n) is 31.0. The van der Waals surface area contributed by atoms with Crippen LogP contribution < -0.4 is 10.6 Å². The van der Waals surface area contributed by atoms with Gasteiger partial charge in [0.15, 0.2) is 0 Å². The maximum absolute atomic E-state index is 13.6. The minimum atomic E-state index is -0.991. The van der Waals surface area contributed by atoms with Crippen LogP contribution in [0.25, 0.3) is 0 Å². The first-order valence-corrected chi connectivity index (χ1v) is 19.6. The van der Waals surface area contributed by atoms with Gasteiger partial charge in [-0.3, -0.25) is 34.3 Å². The zero-order valence-corrected chi connectivity index (χ0v) is 32.6. The molecule has 16 heteroatoms. The monoisotopic (exact) mass is 778 g/mol. The summed E-state index contributed by atoms with van der Waals surface area (Å²) in [6, 6.07) is 10.2. The van der Waals surface area contributed by atoms with Crippen molar-refractivity contribution in [2.75, 3.05) is 38.1 Å². The molecule has 1 aromatic carbocycles. The quantitative estimate of drug-likeness (QED) is 0.187. The van der Waals surface area contributed by atoms with Crippen LogP contribution in [0.2, 0.25) is 5.02 Å². The number of amides is 6. The van der Waals surface area contributed by atoms with Crippen LogP contribution in [0.15, 0.2) is 41.4 Å². The molecule has 1 aliphatic carbocycles. The lowest BCUT2D eigenvalue weighted by Gasteiger charge is -2.44. The van der Waals surface area contributed by atoms with Crippen LogP contribution in [-0.2, 0) is 23.9 Å². The van der Waals surface area contributed by atoms with Gasteiger partial charge < -0.3 is 15.0 Å². The van der Waals surface area contributed by atoms with Crippen molar-refractivity contribution in [2.45, 2.75) is 107 Å². The number of benzene rings is 1. The van der Waals surface area contributed by atoms with Gasteiger partial charge in [-0.25, -0.2) is 9.78 Å². The number of piperidine rings is 1. The van der Waals surface area contributed by atoms with Gasteiger partial charge >= 0.3 is 6.03 Å². The number of nitrogens with zero attached hydrogens (tertiary/aromatic N) is 6. The predicted molar refractivity (Wildman–Crippen MR) is 202 cm³/mol. The van der Waals surface area contributed by atoms with Gasteiger partial charge in [0.2, 0.25) is 17.7 Å². The van der Waals surface area contributed by atoms with E-state index in [0.29, 0.717) is 34.9 Å². The Kier molecular flexibility index (Phi) is 12.3. The molecule has 1 aromatic heterocycles. The average molecular weight is 779 g/mol. The summed E-state index contributed by atoms with van der Waals surface area (Å²) in [4.78, 5) is 75.1. The van der Waals surface area contributed by atoms with E-state index in [9.17, 15) is 29.2 Å². The Bertz CT molecular complexity index is 1820. The SMILES string of the molecule is C[C@@H]1CN(CCOC2CCC(N3C(=O)N(Sc4ccc(C#N)c(Cl)c4)C(=O)C3(C)C)CC2)C[C@H](C)N1CC(=O)Nc1cc(C2CCC(=O)NC2=O)ccn1. The van der Waals surface area contributed by atoms with Crippen LogP contribution in [0.1, 0.15) is 83.3 Å². The Morgan fingerprint density at radius 3 is 2.46 bits per heavy atom. The van der Waals surface area contributed by atoms with E-state index in [2.05, 4.69) is 39.3 Å². The maximum atomic E-state index is 13.6. The minimum absolute atomic E-state index is 0.0750. The Morgan fingerprint density at radius 1 is 1.07 bits per heavy atom. The van der Waals surface area contributed by atoms with Gasteiger partial charge in [-0.15, -0.1) is 0 Å². The van der Waals surface area contributed by atoms with Crippen LogP contribution in [0, 0.1) is 11.3 Å². The zero-order chi connectivity index (χ0) is 38.7. The van der Waals surface area contributed by atoms with Crippen LogP contribution in [0.3, 0.4) is 0 Å². The van der Waals surface area contributed by atoms with E-state index in [1.54, 1.807) is 55.3 Å². The van der Waals surface area contributed by atoms with Crippen molar-refractivity contribution in [3.8, 4) is 6.07 Å². The Labute approximate surface area is 325 Å². The third kappa shape index (κ3) is 8.74. The Morgan fingerprint density at radius 2 is 1.80 bits per heavy atom. The molecule has 6 rings (SSSR count). The van der Waals surface area contributed by atoms with E-state index in [4.69, 9.17) is 16.3 Å². The summed E-state index contributed by atoms with van der Waals surface area (Å²) in [5, 5.41) is 14.7. The van der Waals surface area contributed by atoms with Gasteiger partial charge in [0.05, 0.1) is 35.8 Å². The molecule has 14 nitrogen and oxygen atoms in total. The van der Waals surface area contributed by atoms with Crippen molar-refractivity contribution in [3.63, 3.8) is 0 Å². The summed E-state index contributed by atoms with van der Waals surface area (Å²) >= 11 is 7.22. The summed E-state index contributed by atoms with van der Waals surface area (Å²) in [5.41, 5.74) is 0.0554. The fraction of sp³-hybridized carbons (Fsp3) is 0.553. The Balaban J connectivity index is 0.927. The van der Waals surface area contributed by atoms with E-state index in [0.717, 1.165) is 57.3 Å². The highest BCUT2D eigenvalue weighted by Crippen LogP contribution is 2.41. The molecule has 4 aliphatic rings. The second-order valence-electron chi connectivity index (χ2n) is 15.1. The van der Waals surface area contributed by atoms with Crippen molar-refractivity contribution in [1.82, 2.24) is 29.3 Å². The molecule has 1 saturated carbocycles. The summed E-state index contributed by atoms with van der Waals surface area (Å²) in [7, 11) is 0. The molecule has 3 atom stereocenters. The maximum Gasteiger partial charge on any atom is 0.338 e. The number of pyridine rings is 1. The normalized spacial score (nSPS) is 26.5. The second kappa shape index (κ2) is 16.7. The van der Waals surface area contributed by atoms with Crippen molar-refractivity contribution in [2.24, 2.45) is 0 Å². The van der Waals surface area contributed by atoms with Gasteiger partial charge in [-0.1, -0.05) is 11.6 Å². The number of nitriles is 1. The summed E-state index contributed by atoms with van der Waals surface area (Å²) in [6.45, 7) is 11.0. The number of nitrogens with one attached hydrogen (secondary N) is 2. The van der Waals surface area contributed by atoms with Crippen molar-refractivity contribution < 1.29 is 28.7 Å². The molecule has 4 heterocycles. The number of carbonyl (C=O) groups is 5. The highest BCUT2D eigenvalue weighted by atomic mass is 35.5. The summed E-state index contributed by atoms with van der Waals surface area (Å²) in [5.74, 6) is -1.14. The lowest BCUT2D eigenvalue weighted by molar-refractivity contribution is -0.134. The molecule has 288 valence electrons. The number of carbonyl (C=O) groups excluding carboxylic acids is 5.